The normalized spacial score (nSPS) is 22.4. The molecule has 9 nitrogen and oxygen atoms in total. The molecule has 2 aliphatic rings. The molecule has 3 atom stereocenters. The summed E-state index contributed by atoms with van der Waals surface area (Å²) in [5.74, 6) is 0.112. The van der Waals surface area contributed by atoms with Crippen LogP contribution in [0.2, 0.25) is 5.02 Å². The average Bonchev–Trinajstić information content (AvgIpc) is 3.30. The predicted molar refractivity (Wildman–Crippen MR) is 156 cm³/mol. The lowest BCUT2D eigenvalue weighted by molar-refractivity contribution is -0.0416. The third-order valence-corrected chi connectivity index (χ3v) is 8.28. The van der Waals surface area contributed by atoms with Crippen molar-refractivity contribution < 1.29 is 13.9 Å². The molecule has 212 valence electrons. The Kier molecular flexibility index (Phi) is 7.28. The van der Waals surface area contributed by atoms with Gasteiger partial charge < -0.3 is 24.6 Å². The van der Waals surface area contributed by atoms with Crippen molar-refractivity contribution in [1.29, 1.82) is 0 Å². The lowest BCUT2D eigenvalue weighted by Gasteiger charge is -2.39. The van der Waals surface area contributed by atoms with Crippen molar-refractivity contribution in [3.8, 4) is 17.1 Å². The quantitative estimate of drug-likeness (QED) is 0.365. The van der Waals surface area contributed by atoms with Crippen molar-refractivity contribution in [2.45, 2.75) is 45.9 Å². The molecule has 2 aromatic carbocycles. The van der Waals surface area contributed by atoms with Crippen LogP contribution in [0.3, 0.4) is 0 Å². The number of halogens is 2. The zero-order valence-corrected chi connectivity index (χ0v) is 24.3. The van der Waals surface area contributed by atoms with Crippen LogP contribution >= 0.6 is 11.6 Å². The Morgan fingerprint density at radius 2 is 2.00 bits per heavy atom. The van der Waals surface area contributed by atoms with Crippen molar-refractivity contribution in [3.63, 3.8) is 0 Å². The van der Waals surface area contributed by atoms with Gasteiger partial charge in [-0.05, 0) is 52.4 Å². The molecule has 0 aliphatic carbocycles. The van der Waals surface area contributed by atoms with Crippen LogP contribution in [0.15, 0.2) is 18.2 Å². The minimum Gasteiger partial charge on any atom is -0.461 e. The first-order valence-corrected chi connectivity index (χ1v) is 14.2. The van der Waals surface area contributed by atoms with Gasteiger partial charge in [0.05, 0.1) is 17.1 Å². The van der Waals surface area contributed by atoms with Crippen LogP contribution in [-0.4, -0.2) is 89.7 Å². The summed E-state index contributed by atoms with van der Waals surface area (Å²) in [6.45, 7) is 12.1. The lowest BCUT2D eigenvalue weighted by atomic mass is 9.94. The van der Waals surface area contributed by atoms with Crippen molar-refractivity contribution in [2.75, 3.05) is 51.3 Å². The highest BCUT2D eigenvalue weighted by molar-refractivity contribution is 6.35. The molecule has 0 bridgehead atoms. The summed E-state index contributed by atoms with van der Waals surface area (Å²) in [6, 6.07) is 6.14. The minimum absolute atomic E-state index is 0.116. The number of hydrogen-bond donors (Lipinski definition) is 2. The first-order valence-electron chi connectivity index (χ1n) is 13.8. The third-order valence-electron chi connectivity index (χ3n) is 7.98. The van der Waals surface area contributed by atoms with E-state index in [4.69, 9.17) is 26.1 Å². The SMILES string of the molecule is Cc1ccc2n[nH]c(C)c2c1-c1c(Cl)cc2c(N3C[C@@H](C)NC[C@@H]3C)nc(OCC3CN(C)CCO3)nc2c1F. The molecule has 6 rings (SSSR count). The first kappa shape index (κ1) is 27.1. The fourth-order valence-electron chi connectivity index (χ4n) is 5.82. The van der Waals surface area contributed by atoms with E-state index in [0.29, 0.717) is 40.5 Å². The summed E-state index contributed by atoms with van der Waals surface area (Å²) in [7, 11) is 2.05. The zero-order valence-electron chi connectivity index (χ0n) is 23.5. The lowest BCUT2D eigenvalue weighted by Crippen LogP contribution is -2.54. The standard InChI is InChI=1S/C29H35ClFN7O2/c1-15-6-7-22-24(18(4)35-36-22)23(15)25-21(30)10-20-27(26(25)31)33-29(40-14-19-13-37(5)8-9-39-19)34-28(20)38-12-16(2)32-11-17(38)3/h6-7,10,16-17,19,32H,8-9,11-14H2,1-5H3,(H,35,36)/t16-,17+,19?/m1/s1. The number of aromatic amines is 1. The summed E-state index contributed by atoms with van der Waals surface area (Å²) in [5.41, 5.74) is 3.68. The maximum Gasteiger partial charge on any atom is 0.319 e. The van der Waals surface area contributed by atoms with Gasteiger partial charge in [-0.25, -0.2) is 4.39 Å². The Morgan fingerprint density at radius 3 is 2.80 bits per heavy atom. The van der Waals surface area contributed by atoms with Crippen molar-refractivity contribution in [2.24, 2.45) is 0 Å². The molecule has 4 aromatic rings. The number of fused-ring (bicyclic) bond motifs is 2. The number of H-pyrrole nitrogens is 1. The molecule has 2 aliphatic heterocycles. The number of hydrogen-bond acceptors (Lipinski definition) is 8. The van der Waals surface area contributed by atoms with Crippen LogP contribution in [0.1, 0.15) is 25.1 Å². The van der Waals surface area contributed by atoms with Crippen LogP contribution in [0, 0.1) is 19.7 Å². The van der Waals surface area contributed by atoms with E-state index in [-0.39, 0.29) is 36.3 Å². The number of rotatable bonds is 5. The number of benzene rings is 2. The molecule has 0 radical (unpaired) electrons. The molecule has 2 N–H and O–H groups in total. The molecule has 1 unspecified atom stereocenters. The first-order chi connectivity index (χ1) is 19.2. The molecule has 2 saturated heterocycles. The minimum atomic E-state index is -0.503. The van der Waals surface area contributed by atoms with Gasteiger partial charge in [-0.3, -0.25) is 5.10 Å². The van der Waals surface area contributed by atoms with E-state index in [2.05, 4.69) is 51.2 Å². The van der Waals surface area contributed by atoms with E-state index >= 15 is 4.39 Å². The molecule has 11 heteroatoms. The molecule has 0 saturated carbocycles. The van der Waals surface area contributed by atoms with Gasteiger partial charge in [0.2, 0.25) is 0 Å². The third kappa shape index (κ3) is 4.87. The largest absolute Gasteiger partial charge is 0.461 e. The summed E-state index contributed by atoms with van der Waals surface area (Å²) in [5, 5.41) is 12.6. The van der Waals surface area contributed by atoms with Crippen LogP contribution in [-0.2, 0) is 4.74 Å². The summed E-state index contributed by atoms with van der Waals surface area (Å²) >= 11 is 6.92. The van der Waals surface area contributed by atoms with Gasteiger partial charge in [-0.1, -0.05) is 17.7 Å². The van der Waals surface area contributed by atoms with E-state index in [1.807, 2.05) is 26.0 Å². The molecular weight excluding hydrogens is 533 g/mol. The van der Waals surface area contributed by atoms with Crippen molar-refractivity contribution >= 4 is 39.2 Å². The summed E-state index contributed by atoms with van der Waals surface area (Å²) in [6.07, 6.45) is -0.116. The van der Waals surface area contributed by atoms with E-state index < -0.39 is 5.82 Å². The highest BCUT2D eigenvalue weighted by Crippen LogP contribution is 2.43. The monoisotopic (exact) mass is 567 g/mol. The molecule has 4 heterocycles. The second kappa shape index (κ2) is 10.7. The Hall–Kier alpha value is -3.05. The van der Waals surface area contributed by atoms with Gasteiger partial charge in [0.15, 0.2) is 5.82 Å². The van der Waals surface area contributed by atoms with Crippen molar-refractivity contribution in [1.82, 2.24) is 30.4 Å². The van der Waals surface area contributed by atoms with Crippen molar-refractivity contribution in [3.05, 3.63) is 40.3 Å². The fourth-order valence-corrected chi connectivity index (χ4v) is 6.10. The van der Waals surface area contributed by atoms with E-state index in [0.717, 1.165) is 41.8 Å². The zero-order chi connectivity index (χ0) is 28.1. The number of aromatic nitrogens is 4. The Morgan fingerprint density at radius 1 is 1.18 bits per heavy atom. The Bertz CT molecular complexity index is 1580. The highest BCUT2D eigenvalue weighted by Gasteiger charge is 2.30. The molecular formula is C29H35ClFN7O2. The number of nitrogens with zero attached hydrogens (tertiary/aromatic N) is 5. The van der Waals surface area contributed by atoms with E-state index in [1.54, 1.807) is 6.07 Å². The topological polar surface area (TPSA) is 91.4 Å². The van der Waals surface area contributed by atoms with Gasteiger partial charge in [0.1, 0.15) is 24.0 Å². The highest BCUT2D eigenvalue weighted by atomic mass is 35.5. The number of anilines is 1. The molecule has 2 aromatic heterocycles. The van der Waals surface area contributed by atoms with Crippen LogP contribution in [0.25, 0.3) is 32.9 Å². The predicted octanol–water partition coefficient (Wildman–Crippen LogP) is 4.48. The molecule has 0 spiro atoms. The number of morpholine rings is 1. The second-order valence-electron chi connectivity index (χ2n) is 11.2. The number of nitrogens with one attached hydrogen (secondary N) is 2. The number of piperazine rings is 1. The second-order valence-corrected chi connectivity index (χ2v) is 11.6. The number of aryl methyl sites for hydroxylation is 2. The maximum atomic E-state index is 16.8. The van der Waals surface area contributed by atoms with Crippen LogP contribution in [0.4, 0.5) is 10.2 Å². The van der Waals surface area contributed by atoms with Gasteiger partial charge in [-0.15, -0.1) is 0 Å². The van der Waals surface area contributed by atoms with Crippen LogP contribution < -0.4 is 15.0 Å². The summed E-state index contributed by atoms with van der Waals surface area (Å²) < 4.78 is 28.7. The smallest absolute Gasteiger partial charge is 0.319 e. The van der Waals surface area contributed by atoms with Gasteiger partial charge in [0, 0.05) is 65.9 Å². The van der Waals surface area contributed by atoms with Crippen LogP contribution in [0.5, 0.6) is 6.01 Å². The molecule has 2 fully saturated rings. The Labute approximate surface area is 238 Å². The number of ether oxygens (including phenoxy) is 2. The van der Waals surface area contributed by atoms with Gasteiger partial charge in [-0.2, -0.15) is 15.1 Å². The number of likely N-dealkylation sites (N-methyl/N-ethyl adjacent to an activating group) is 1. The van der Waals surface area contributed by atoms with Gasteiger partial charge in [0.25, 0.3) is 0 Å². The fraction of sp³-hybridized carbons (Fsp3) is 0.483. The molecule has 40 heavy (non-hydrogen) atoms. The van der Waals surface area contributed by atoms with E-state index in [9.17, 15) is 0 Å². The maximum absolute atomic E-state index is 16.8. The average molecular weight is 568 g/mol. The van der Waals surface area contributed by atoms with Gasteiger partial charge >= 0.3 is 6.01 Å². The summed E-state index contributed by atoms with van der Waals surface area (Å²) in [4.78, 5) is 13.8. The Balaban J connectivity index is 1.52. The van der Waals surface area contributed by atoms with E-state index in [1.165, 1.54) is 0 Å². The molecule has 0 amide bonds.